The van der Waals surface area contributed by atoms with Crippen LogP contribution < -0.4 is 5.32 Å². The Morgan fingerprint density at radius 3 is 2.89 bits per heavy atom. The molecule has 0 spiro atoms. The van der Waals surface area contributed by atoms with Gasteiger partial charge in [-0.25, -0.2) is 0 Å². The highest BCUT2D eigenvalue weighted by Crippen LogP contribution is 2.33. The third kappa shape index (κ3) is 3.56. The van der Waals surface area contributed by atoms with Crippen LogP contribution in [0.4, 0.5) is 0 Å². The summed E-state index contributed by atoms with van der Waals surface area (Å²) in [6.45, 7) is 6.95. The lowest BCUT2D eigenvalue weighted by Crippen LogP contribution is -2.25. The molecule has 1 aliphatic carbocycles. The smallest absolute Gasteiger partial charge is 0.0669 e. The number of rotatable bonds is 7. The molecule has 0 aromatic carbocycles. The highest BCUT2D eigenvalue weighted by Gasteiger charge is 2.18. The number of nitrogens with one attached hydrogen (secondary N) is 1. The minimum Gasteiger partial charge on any atom is -0.380 e. The second kappa shape index (κ2) is 7.27. The largest absolute Gasteiger partial charge is 0.380 e. The molecule has 1 N–H and O–H groups in total. The van der Waals surface area contributed by atoms with Gasteiger partial charge in [0.05, 0.1) is 12.6 Å². The van der Waals surface area contributed by atoms with Crippen molar-refractivity contribution in [3.05, 3.63) is 21.4 Å². The molecule has 1 heterocycles. The zero-order chi connectivity index (χ0) is 12.8. The van der Waals surface area contributed by atoms with Gasteiger partial charge in [-0.2, -0.15) is 0 Å². The van der Waals surface area contributed by atoms with Crippen LogP contribution in [-0.4, -0.2) is 19.8 Å². The van der Waals surface area contributed by atoms with Crippen LogP contribution in [0.1, 0.15) is 54.5 Å². The molecule has 102 valence electrons. The molecule has 1 aromatic heterocycles. The number of hydrogen-bond donors (Lipinski definition) is 1. The Morgan fingerprint density at radius 2 is 2.17 bits per heavy atom. The molecule has 1 aliphatic rings. The number of thiophene rings is 1. The fraction of sp³-hybridized carbons (Fsp3) is 0.733. The van der Waals surface area contributed by atoms with Crippen LogP contribution in [0.5, 0.6) is 0 Å². The van der Waals surface area contributed by atoms with Gasteiger partial charge in [0.1, 0.15) is 0 Å². The van der Waals surface area contributed by atoms with Crippen LogP contribution >= 0.6 is 11.3 Å². The standard InChI is InChI=1S/C15H25NOS/c1-3-9-16-13(11-17-4-2)15-10-12-7-5-6-8-14(12)18-15/h10,13,16H,3-9,11H2,1-2H3. The lowest BCUT2D eigenvalue weighted by Gasteiger charge is -2.16. The molecule has 2 rings (SSSR count). The van der Waals surface area contributed by atoms with Gasteiger partial charge in [-0.05, 0) is 57.2 Å². The van der Waals surface area contributed by atoms with Gasteiger partial charge < -0.3 is 10.1 Å². The van der Waals surface area contributed by atoms with Gasteiger partial charge in [0, 0.05) is 16.4 Å². The van der Waals surface area contributed by atoms with Crippen molar-refractivity contribution in [2.75, 3.05) is 19.8 Å². The van der Waals surface area contributed by atoms with Gasteiger partial charge in [0.15, 0.2) is 0 Å². The molecule has 0 saturated carbocycles. The van der Waals surface area contributed by atoms with Crippen LogP contribution in [0.15, 0.2) is 6.07 Å². The first-order chi connectivity index (χ1) is 8.85. The summed E-state index contributed by atoms with van der Waals surface area (Å²) >= 11 is 2.00. The monoisotopic (exact) mass is 267 g/mol. The van der Waals surface area contributed by atoms with Gasteiger partial charge in [0.25, 0.3) is 0 Å². The Labute approximate surface area is 115 Å². The highest BCUT2D eigenvalue weighted by atomic mass is 32.1. The highest BCUT2D eigenvalue weighted by molar-refractivity contribution is 7.12. The molecule has 0 saturated heterocycles. The number of fused-ring (bicyclic) bond motifs is 1. The van der Waals surface area contributed by atoms with Crippen molar-refractivity contribution in [3.63, 3.8) is 0 Å². The molecule has 3 heteroatoms. The first-order valence-corrected chi connectivity index (χ1v) is 8.09. The lowest BCUT2D eigenvalue weighted by atomic mass is 9.99. The van der Waals surface area contributed by atoms with Crippen molar-refractivity contribution >= 4 is 11.3 Å². The second-order valence-electron chi connectivity index (χ2n) is 4.97. The topological polar surface area (TPSA) is 21.3 Å². The molecule has 1 unspecified atom stereocenters. The zero-order valence-electron chi connectivity index (χ0n) is 11.6. The third-order valence-corrected chi connectivity index (χ3v) is 4.84. The van der Waals surface area contributed by atoms with E-state index in [-0.39, 0.29) is 0 Å². The van der Waals surface area contributed by atoms with Crippen molar-refractivity contribution < 1.29 is 4.74 Å². The van der Waals surface area contributed by atoms with Crippen LogP contribution in [0, 0.1) is 0 Å². The van der Waals surface area contributed by atoms with Crippen molar-refractivity contribution in [2.24, 2.45) is 0 Å². The van der Waals surface area contributed by atoms with E-state index in [9.17, 15) is 0 Å². The Morgan fingerprint density at radius 1 is 1.33 bits per heavy atom. The van der Waals surface area contributed by atoms with Crippen molar-refractivity contribution in [3.8, 4) is 0 Å². The van der Waals surface area contributed by atoms with E-state index in [2.05, 4.69) is 25.2 Å². The van der Waals surface area contributed by atoms with Crippen molar-refractivity contribution in [2.45, 2.75) is 52.0 Å². The summed E-state index contributed by atoms with van der Waals surface area (Å²) in [6, 6.07) is 2.81. The minimum absolute atomic E-state index is 0.389. The fourth-order valence-corrected chi connectivity index (χ4v) is 3.80. The molecule has 18 heavy (non-hydrogen) atoms. The number of ether oxygens (including phenoxy) is 1. The van der Waals surface area contributed by atoms with E-state index in [0.29, 0.717) is 6.04 Å². The van der Waals surface area contributed by atoms with Crippen molar-refractivity contribution in [1.82, 2.24) is 5.32 Å². The molecule has 0 amide bonds. The number of hydrogen-bond acceptors (Lipinski definition) is 3. The van der Waals surface area contributed by atoms with E-state index < -0.39 is 0 Å². The molecule has 0 aliphatic heterocycles. The minimum atomic E-state index is 0.389. The van der Waals surface area contributed by atoms with E-state index in [1.165, 1.54) is 37.0 Å². The predicted octanol–water partition coefficient (Wildman–Crippen LogP) is 3.70. The molecular weight excluding hydrogens is 242 g/mol. The average molecular weight is 267 g/mol. The van der Waals surface area contributed by atoms with Gasteiger partial charge in [-0.1, -0.05) is 6.92 Å². The number of aryl methyl sites for hydroxylation is 2. The van der Waals surface area contributed by atoms with E-state index in [1.807, 2.05) is 11.3 Å². The van der Waals surface area contributed by atoms with Gasteiger partial charge in [-0.15, -0.1) is 11.3 Å². The van der Waals surface area contributed by atoms with E-state index in [4.69, 9.17) is 4.74 Å². The van der Waals surface area contributed by atoms with E-state index in [0.717, 1.165) is 19.8 Å². The van der Waals surface area contributed by atoms with E-state index in [1.54, 1.807) is 10.4 Å². The maximum absolute atomic E-state index is 5.62. The van der Waals surface area contributed by atoms with E-state index >= 15 is 0 Å². The quantitative estimate of drug-likeness (QED) is 0.813. The maximum atomic E-state index is 5.62. The summed E-state index contributed by atoms with van der Waals surface area (Å²) in [6.07, 6.45) is 6.47. The summed E-state index contributed by atoms with van der Waals surface area (Å²) in [5.74, 6) is 0. The maximum Gasteiger partial charge on any atom is 0.0669 e. The fourth-order valence-electron chi connectivity index (χ4n) is 2.48. The summed E-state index contributed by atoms with van der Waals surface area (Å²) in [4.78, 5) is 3.10. The zero-order valence-corrected chi connectivity index (χ0v) is 12.4. The first-order valence-electron chi connectivity index (χ1n) is 7.27. The summed E-state index contributed by atoms with van der Waals surface area (Å²) in [5, 5.41) is 3.62. The van der Waals surface area contributed by atoms with Crippen LogP contribution in [-0.2, 0) is 17.6 Å². The van der Waals surface area contributed by atoms with Crippen molar-refractivity contribution in [1.29, 1.82) is 0 Å². The van der Waals surface area contributed by atoms with Crippen LogP contribution in [0.3, 0.4) is 0 Å². The van der Waals surface area contributed by atoms with Gasteiger partial charge >= 0.3 is 0 Å². The first kappa shape index (κ1) is 14.0. The molecule has 1 atom stereocenters. The van der Waals surface area contributed by atoms with Crippen LogP contribution in [0.2, 0.25) is 0 Å². The van der Waals surface area contributed by atoms with Gasteiger partial charge in [0.2, 0.25) is 0 Å². The molecule has 0 bridgehead atoms. The van der Waals surface area contributed by atoms with Crippen LogP contribution in [0.25, 0.3) is 0 Å². The third-order valence-electron chi connectivity index (χ3n) is 3.49. The Kier molecular flexibility index (Phi) is 5.67. The lowest BCUT2D eigenvalue weighted by molar-refractivity contribution is 0.124. The molecule has 1 aromatic rings. The Bertz CT molecular complexity index is 330. The molecule has 0 fully saturated rings. The summed E-state index contributed by atoms with van der Waals surface area (Å²) in [5.41, 5.74) is 1.60. The Balaban J connectivity index is 2.05. The second-order valence-corrected chi connectivity index (χ2v) is 6.14. The molecule has 0 radical (unpaired) electrons. The van der Waals surface area contributed by atoms with Gasteiger partial charge in [-0.3, -0.25) is 0 Å². The Hall–Kier alpha value is -0.380. The average Bonchev–Trinajstić information content (AvgIpc) is 2.82. The normalized spacial score (nSPS) is 16.6. The predicted molar refractivity (Wildman–Crippen MR) is 78.5 cm³/mol. The SMILES string of the molecule is CCCNC(COCC)c1cc2c(s1)CCCC2. The molecule has 2 nitrogen and oxygen atoms in total. The summed E-state index contributed by atoms with van der Waals surface area (Å²) in [7, 11) is 0. The molecular formula is C15H25NOS. The summed E-state index contributed by atoms with van der Waals surface area (Å²) < 4.78 is 5.62.